The minimum atomic E-state index is 0.424. The van der Waals surface area contributed by atoms with Gasteiger partial charge in [0.05, 0.1) is 12.2 Å². The summed E-state index contributed by atoms with van der Waals surface area (Å²) in [5.74, 6) is 0.891. The van der Waals surface area contributed by atoms with Gasteiger partial charge in [0.2, 0.25) is 0 Å². The third-order valence-electron chi connectivity index (χ3n) is 2.95. The molecule has 0 spiro atoms. The topological polar surface area (TPSA) is 43.0 Å². The summed E-state index contributed by atoms with van der Waals surface area (Å²) in [6.45, 7) is 4.85. The molecule has 0 saturated carbocycles. The molecule has 1 N–H and O–H groups in total. The van der Waals surface area contributed by atoms with E-state index in [1.165, 1.54) is 5.56 Å². The van der Waals surface area contributed by atoms with E-state index in [9.17, 15) is 0 Å². The van der Waals surface area contributed by atoms with Crippen molar-refractivity contribution in [2.75, 3.05) is 7.05 Å². The van der Waals surface area contributed by atoms with Crippen LogP contribution in [0, 0.1) is 6.92 Å². The van der Waals surface area contributed by atoms with Crippen LogP contribution in [0.3, 0.4) is 0 Å². The van der Waals surface area contributed by atoms with Gasteiger partial charge >= 0.3 is 0 Å². The Bertz CT molecular complexity index is 468. The second kappa shape index (κ2) is 5.19. The number of nitrogens with one attached hydrogen (secondary N) is 1. The Hall–Kier alpha value is -1.55. The van der Waals surface area contributed by atoms with Gasteiger partial charge in [-0.3, -0.25) is 0 Å². The monoisotopic (exact) mass is 233 g/mol. The summed E-state index contributed by atoms with van der Waals surface area (Å²) < 4.78 is 7.32. The molecule has 0 aliphatic carbocycles. The van der Waals surface area contributed by atoms with Crippen LogP contribution in [0.15, 0.2) is 29.0 Å². The predicted octanol–water partition coefficient (Wildman–Crippen LogP) is 2.50. The fourth-order valence-electron chi connectivity index (χ4n) is 2.04. The van der Waals surface area contributed by atoms with E-state index in [4.69, 9.17) is 4.52 Å². The van der Waals surface area contributed by atoms with Crippen molar-refractivity contribution in [1.29, 1.82) is 0 Å². The highest BCUT2D eigenvalue weighted by molar-refractivity contribution is 5.16. The molecular formula is C13H19N3O. The first-order valence-electron chi connectivity index (χ1n) is 5.98. The van der Waals surface area contributed by atoms with Gasteiger partial charge in [-0.1, -0.05) is 12.1 Å². The Morgan fingerprint density at radius 3 is 2.94 bits per heavy atom. The molecule has 92 valence electrons. The Labute approximate surface area is 102 Å². The molecule has 2 rings (SSSR count). The fourth-order valence-corrected chi connectivity index (χ4v) is 2.04. The summed E-state index contributed by atoms with van der Waals surface area (Å²) in [5.41, 5.74) is 2.24. The van der Waals surface area contributed by atoms with Gasteiger partial charge in [-0.05, 0) is 32.0 Å². The van der Waals surface area contributed by atoms with Gasteiger partial charge in [-0.15, -0.1) is 0 Å². The van der Waals surface area contributed by atoms with Crippen molar-refractivity contribution in [3.05, 3.63) is 41.5 Å². The highest BCUT2D eigenvalue weighted by Crippen LogP contribution is 2.17. The maximum atomic E-state index is 5.20. The predicted molar refractivity (Wildman–Crippen MR) is 66.9 cm³/mol. The molecule has 0 amide bonds. The third kappa shape index (κ3) is 2.77. The highest BCUT2D eigenvalue weighted by atomic mass is 16.5. The number of nitrogens with zero attached hydrogens (tertiary/aromatic N) is 2. The van der Waals surface area contributed by atoms with Crippen LogP contribution in [-0.2, 0) is 6.54 Å². The van der Waals surface area contributed by atoms with E-state index in [2.05, 4.69) is 40.4 Å². The molecule has 2 aromatic heterocycles. The number of rotatable bonds is 5. The lowest BCUT2D eigenvalue weighted by molar-refractivity contribution is 0.373. The van der Waals surface area contributed by atoms with Crippen LogP contribution in [0.4, 0.5) is 0 Å². The van der Waals surface area contributed by atoms with E-state index >= 15 is 0 Å². The summed E-state index contributed by atoms with van der Waals surface area (Å²) in [6, 6.07) is 4.54. The molecule has 2 aromatic rings. The van der Waals surface area contributed by atoms with Crippen LogP contribution in [0.1, 0.15) is 36.4 Å². The Balaban J connectivity index is 2.08. The van der Waals surface area contributed by atoms with Crippen molar-refractivity contribution in [2.24, 2.45) is 0 Å². The van der Waals surface area contributed by atoms with Gasteiger partial charge in [0, 0.05) is 24.5 Å². The van der Waals surface area contributed by atoms with Crippen molar-refractivity contribution >= 4 is 0 Å². The zero-order valence-electron chi connectivity index (χ0n) is 10.6. The number of aromatic nitrogens is 2. The molecule has 17 heavy (non-hydrogen) atoms. The highest BCUT2D eigenvalue weighted by Gasteiger charge is 2.08. The minimum absolute atomic E-state index is 0.424. The van der Waals surface area contributed by atoms with Crippen molar-refractivity contribution in [3.8, 4) is 0 Å². The molecule has 2 heterocycles. The maximum Gasteiger partial charge on any atom is 0.156 e. The van der Waals surface area contributed by atoms with E-state index in [0.29, 0.717) is 6.04 Å². The minimum Gasteiger partial charge on any atom is -0.359 e. The molecule has 0 aliphatic rings. The summed E-state index contributed by atoms with van der Waals surface area (Å²) >= 11 is 0. The lowest BCUT2D eigenvalue weighted by Crippen LogP contribution is -2.14. The lowest BCUT2D eigenvalue weighted by Gasteiger charge is -2.11. The zero-order valence-corrected chi connectivity index (χ0v) is 10.6. The molecule has 0 aliphatic heterocycles. The van der Waals surface area contributed by atoms with Gasteiger partial charge in [-0.25, -0.2) is 0 Å². The zero-order chi connectivity index (χ0) is 12.3. The second-order valence-electron chi connectivity index (χ2n) is 4.30. The van der Waals surface area contributed by atoms with E-state index in [1.807, 2.05) is 20.0 Å². The Kier molecular flexibility index (Phi) is 3.64. The van der Waals surface area contributed by atoms with Crippen LogP contribution < -0.4 is 5.32 Å². The van der Waals surface area contributed by atoms with Gasteiger partial charge in [-0.2, -0.15) is 0 Å². The molecule has 1 unspecified atom stereocenters. The largest absolute Gasteiger partial charge is 0.359 e. The number of hydrogen-bond donors (Lipinski definition) is 1. The molecule has 0 saturated heterocycles. The van der Waals surface area contributed by atoms with Gasteiger partial charge in [0.25, 0.3) is 0 Å². The van der Waals surface area contributed by atoms with Crippen molar-refractivity contribution in [3.63, 3.8) is 0 Å². The molecular weight excluding hydrogens is 214 g/mol. The van der Waals surface area contributed by atoms with E-state index in [0.717, 1.165) is 24.4 Å². The fraction of sp³-hybridized carbons (Fsp3) is 0.462. The van der Waals surface area contributed by atoms with E-state index in [1.54, 1.807) is 0 Å². The van der Waals surface area contributed by atoms with Crippen molar-refractivity contribution in [2.45, 2.75) is 32.9 Å². The molecule has 1 atom stereocenters. The molecule has 4 nitrogen and oxygen atoms in total. The van der Waals surface area contributed by atoms with E-state index < -0.39 is 0 Å². The summed E-state index contributed by atoms with van der Waals surface area (Å²) in [6.07, 6.45) is 5.32. The van der Waals surface area contributed by atoms with Crippen LogP contribution in [0.25, 0.3) is 0 Å². The first-order valence-corrected chi connectivity index (χ1v) is 5.98. The first-order chi connectivity index (χ1) is 8.22. The molecule has 0 fully saturated rings. The Morgan fingerprint density at radius 2 is 2.35 bits per heavy atom. The quantitative estimate of drug-likeness (QED) is 0.862. The van der Waals surface area contributed by atoms with Crippen molar-refractivity contribution in [1.82, 2.24) is 15.0 Å². The molecule has 4 heteroatoms. The standard InChI is InChI=1S/C13H19N3O/c1-4-13(14-3)11-5-6-16(8-11)9-12-7-10(2)15-17-12/h5-8,13-14H,4,9H2,1-3H3. The molecule has 0 bridgehead atoms. The van der Waals surface area contributed by atoms with Crippen molar-refractivity contribution < 1.29 is 4.52 Å². The summed E-state index contributed by atoms with van der Waals surface area (Å²) in [7, 11) is 1.99. The normalized spacial score (nSPS) is 12.9. The lowest BCUT2D eigenvalue weighted by atomic mass is 10.1. The van der Waals surface area contributed by atoms with Gasteiger partial charge in [0.1, 0.15) is 0 Å². The number of aryl methyl sites for hydroxylation is 1. The summed E-state index contributed by atoms with van der Waals surface area (Å²) in [4.78, 5) is 0. The van der Waals surface area contributed by atoms with Crippen LogP contribution in [-0.4, -0.2) is 16.8 Å². The average molecular weight is 233 g/mol. The van der Waals surface area contributed by atoms with Crippen LogP contribution >= 0.6 is 0 Å². The second-order valence-corrected chi connectivity index (χ2v) is 4.30. The van der Waals surface area contributed by atoms with E-state index in [-0.39, 0.29) is 0 Å². The number of hydrogen-bond acceptors (Lipinski definition) is 3. The Morgan fingerprint density at radius 1 is 1.53 bits per heavy atom. The maximum absolute atomic E-state index is 5.20. The SMILES string of the molecule is CCC(NC)c1ccn(Cc2cc(C)no2)c1. The van der Waals surface area contributed by atoms with Crippen LogP contribution in [0.5, 0.6) is 0 Å². The third-order valence-corrected chi connectivity index (χ3v) is 2.95. The molecule has 0 aromatic carbocycles. The first kappa shape index (κ1) is 11.9. The van der Waals surface area contributed by atoms with Gasteiger partial charge in [0.15, 0.2) is 5.76 Å². The van der Waals surface area contributed by atoms with Crippen LogP contribution in [0.2, 0.25) is 0 Å². The smallest absolute Gasteiger partial charge is 0.156 e. The average Bonchev–Trinajstić information content (AvgIpc) is 2.91. The summed E-state index contributed by atoms with van der Waals surface area (Å²) in [5, 5.41) is 7.19. The van der Waals surface area contributed by atoms with Gasteiger partial charge < -0.3 is 14.4 Å². The molecule has 0 radical (unpaired) electrons.